The molecule has 0 radical (unpaired) electrons. The van der Waals surface area contributed by atoms with Gasteiger partial charge in [-0.3, -0.25) is 14.5 Å². The lowest BCUT2D eigenvalue weighted by Crippen LogP contribution is -2.41. The quantitative estimate of drug-likeness (QED) is 0.616. The maximum Gasteiger partial charge on any atom is 0.325 e. The SMILES string of the molecule is CCOc1ccc(C(=O)CN2C(=O)N[C@@](C)(c3ccc(C#N)cc3)C2=O)cc1. The van der Waals surface area contributed by atoms with E-state index in [1.807, 2.05) is 13.0 Å². The van der Waals surface area contributed by atoms with Crippen LogP contribution in [0.5, 0.6) is 5.75 Å². The summed E-state index contributed by atoms with van der Waals surface area (Å²) in [6.07, 6.45) is 0. The summed E-state index contributed by atoms with van der Waals surface area (Å²) in [5.41, 5.74) is 0.0908. The Balaban J connectivity index is 1.77. The van der Waals surface area contributed by atoms with E-state index >= 15 is 0 Å². The monoisotopic (exact) mass is 377 g/mol. The van der Waals surface area contributed by atoms with Crippen molar-refractivity contribution in [3.05, 3.63) is 65.2 Å². The number of imide groups is 1. The normalized spacial score (nSPS) is 18.5. The van der Waals surface area contributed by atoms with Gasteiger partial charge in [-0.05, 0) is 55.8 Å². The minimum absolute atomic E-state index is 0.351. The number of benzene rings is 2. The fourth-order valence-corrected chi connectivity index (χ4v) is 3.05. The molecule has 142 valence electrons. The predicted molar refractivity (Wildman–Crippen MR) is 101 cm³/mol. The van der Waals surface area contributed by atoms with Crippen molar-refractivity contribution >= 4 is 17.7 Å². The van der Waals surface area contributed by atoms with Crippen molar-refractivity contribution in [2.75, 3.05) is 13.2 Å². The van der Waals surface area contributed by atoms with Crippen molar-refractivity contribution in [2.24, 2.45) is 0 Å². The largest absolute Gasteiger partial charge is 0.494 e. The first-order valence-electron chi connectivity index (χ1n) is 8.80. The number of amides is 3. The standard InChI is InChI=1S/C21H19N3O4/c1-3-28-17-10-6-15(7-11-17)18(25)13-24-19(26)21(2,23-20(24)27)16-8-4-14(12-22)5-9-16/h4-11H,3,13H2,1-2H3,(H,23,27)/t21-/m0/s1. The van der Waals surface area contributed by atoms with Crippen molar-refractivity contribution in [1.29, 1.82) is 5.26 Å². The van der Waals surface area contributed by atoms with Crippen LogP contribution in [0.25, 0.3) is 0 Å². The molecule has 0 aliphatic carbocycles. The lowest BCUT2D eigenvalue weighted by atomic mass is 9.91. The summed E-state index contributed by atoms with van der Waals surface area (Å²) >= 11 is 0. The zero-order valence-electron chi connectivity index (χ0n) is 15.6. The minimum Gasteiger partial charge on any atom is -0.494 e. The van der Waals surface area contributed by atoms with Crippen LogP contribution in [-0.4, -0.2) is 35.8 Å². The molecule has 28 heavy (non-hydrogen) atoms. The zero-order valence-corrected chi connectivity index (χ0v) is 15.6. The number of hydrogen-bond acceptors (Lipinski definition) is 5. The number of nitrogens with zero attached hydrogens (tertiary/aromatic N) is 2. The highest BCUT2D eigenvalue weighted by atomic mass is 16.5. The van der Waals surface area contributed by atoms with E-state index in [-0.39, 0.29) is 12.3 Å². The fraction of sp³-hybridized carbons (Fsp3) is 0.238. The Morgan fingerprint density at radius 1 is 1.14 bits per heavy atom. The van der Waals surface area contributed by atoms with Gasteiger partial charge in [-0.1, -0.05) is 12.1 Å². The van der Waals surface area contributed by atoms with Crippen LogP contribution in [0, 0.1) is 11.3 Å². The van der Waals surface area contributed by atoms with Gasteiger partial charge in [0, 0.05) is 5.56 Å². The average Bonchev–Trinajstić information content (AvgIpc) is 2.93. The van der Waals surface area contributed by atoms with Crippen LogP contribution in [0.1, 0.15) is 35.3 Å². The molecule has 7 heteroatoms. The molecular weight excluding hydrogens is 358 g/mol. The highest BCUT2D eigenvalue weighted by Crippen LogP contribution is 2.29. The van der Waals surface area contributed by atoms with Crippen molar-refractivity contribution in [2.45, 2.75) is 19.4 Å². The van der Waals surface area contributed by atoms with E-state index in [2.05, 4.69) is 5.32 Å². The zero-order chi connectivity index (χ0) is 20.3. The van der Waals surface area contributed by atoms with Crippen LogP contribution in [0.15, 0.2) is 48.5 Å². The van der Waals surface area contributed by atoms with Gasteiger partial charge in [0.1, 0.15) is 11.3 Å². The molecule has 0 saturated carbocycles. The molecule has 0 aromatic heterocycles. The Morgan fingerprint density at radius 2 is 1.79 bits per heavy atom. The molecule has 1 fully saturated rings. The first-order valence-corrected chi connectivity index (χ1v) is 8.80. The third-order valence-corrected chi connectivity index (χ3v) is 4.66. The molecule has 1 saturated heterocycles. The van der Waals surface area contributed by atoms with Gasteiger partial charge in [0.05, 0.1) is 24.8 Å². The number of carbonyl (C=O) groups is 3. The van der Waals surface area contributed by atoms with E-state index in [9.17, 15) is 14.4 Å². The third kappa shape index (κ3) is 3.45. The second-order valence-electron chi connectivity index (χ2n) is 6.52. The van der Waals surface area contributed by atoms with Crippen LogP contribution in [0.4, 0.5) is 4.79 Å². The van der Waals surface area contributed by atoms with E-state index in [0.717, 1.165) is 4.90 Å². The van der Waals surface area contributed by atoms with Crippen molar-refractivity contribution in [1.82, 2.24) is 10.2 Å². The molecule has 1 aliphatic rings. The topological polar surface area (TPSA) is 99.5 Å². The molecular formula is C21H19N3O4. The van der Waals surface area contributed by atoms with Crippen LogP contribution in [-0.2, 0) is 10.3 Å². The number of nitrogens with one attached hydrogen (secondary N) is 1. The molecule has 0 bridgehead atoms. The highest BCUT2D eigenvalue weighted by Gasteiger charge is 2.49. The van der Waals surface area contributed by atoms with Crippen LogP contribution < -0.4 is 10.1 Å². The van der Waals surface area contributed by atoms with Gasteiger partial charge in [0.2, 0.25) is 0 Å². The maximum atomic E-state index is 12.9. The Kier molecular flexibility index (Phi) is 5.14. The van der Waals surface area contributed by atoms with Crippen LogP contribution in [0.2, 0.25) is 0 Å². The summed E-state index contributed by atoms with van der Waals surface area (Å²) < 4.78 is 5.34. The number of rotatable bonds is 6. The third-order valence-electron chi connectivity index (χ3n) is 4.66. The smallest absolute Gasteiger partial charge is 0.325 e. The van der Waals surface area contributed by atoms with Gasteiger partial charge in [-0.25, -0.2) is 4.79 Å². The van der Waals surface area contributed by atoms with E-state index in [4.69, 9.17) is 10.00 Å². The molecule has 1 aliphatic heterocycles. The first kappa shape index (κ1) is 19.1. The number of ketones is 1. The lowest BCUT2D eigenvalue weighted by molar-refractivity contribution is -0.130. The Hall–Kier alpha value is -3.66. The Bertz CT molecular complexity index is 961. The summed E-state index contributed by atoms with van der Waals surface area (Å²) in [5.74, 6) is -0.223. The molecule has 0 spiro atoms. The molecule has 1 atom stereocenters. The summed E-state index contributed by atoms with van der Waals surface area (Å²) in [7, 11) is 0. The number of ether oxygens (including phenoxy) is 1. The van der Waals surface area contributed by atoms with Gasteiger partial charge >= 0.3 is 6.03 Å². The van der Waals surface area contributed by atoms with Gasteiger partial charge in [0.15, 0.2) is 5.78 Å². The van der Waals surface area contributed by atoms with E-state index in [1.54, 1.807) is 55.5 Å². The molecule has 2 aromatic carbocycles. The predicted octanol–water partition coefficient (Wildman–Crippen LogP) is 2.61. The average molecular weight is 377 g/mol. The Labute approximate surface area is 162 Å². The van der Waals surface area contributed by atoms with Gasteiger partial charge in [0.25, 0.3) is 5.91 Å². The summed E-state index contributed by atoms with van der Waals surface area (Å²) in [5, 5.41) is 11.6. The maximum absolute atomic E-state index is 12.9. The lowest BCUT2D eigenvalue weighted by Gasteiger charge is -2.22. The molecule has 1 heterocycles. The van der Waals surface area contributed by atoms with Gasteiger partial charge in [-0.15, -0.1) is 0 Å². The Morgan fingerprint density at radius 3 is 2.36 bits per heavy atom. The molecule has 7 nitrogen and oxygen atoms in total. The summed E-state index contributed by atoms with van der Waals surface area (Å²) in [4.78, 5) is 38.7. The minimum atomic E-state index is -1.29. The number of hydrogen-bond donors (Lipinski definition) is 1. The molecule has 3 rings (SSSR count). The van der Waals surface area contributed by atoms with Crippen LogP contribution >= 0.6 is 0 Å². The fourth-order valence-electron chi connectivity index (χ4n) is 3.05. The highest BCUT2D eigenvalue weighted by molar-refractivity contribution is 6.11. The molecule has 2 aromatic rings. The summed E-state index contributed by atoms with van der Waals surface area (Å²) in [6.45, 7) is 3.60. The number of carbonyl (C=O) groups excluding carboxylic acids is 3. The van der Waals surface area contributed by atoms with Gasteiger partial charge in [-0.2, -0.15) is 5.26 Å². The molecule has 0 unspecified atom stereocenters. The van der Waals surface area contributed by atoms with E-state index < -0.39 is 17.5 Å². The van der Waals surface area contributed by atoms with Crippen molar-refractivity contribution in [3.8, 4) is 11.8 Å². The second-order valence-corrected chi connectivity index (χ2v) is 6.52. The van der Waals surface area contributed by atoms with E-state index in [0.29, 0.717) is 29.0 Å². The van der Waals surface area contributed by atoms with Crippen molar-refractivity contribution in [3.63, 3.8) is 0 Å². The summed E-state index contributed by atoms with van der Waals surface area (Å²) in [6, 6.07) is 14.3. The first-order chi connectivity index (χ1) is 13.4. The molecule has 3 amide bonds. The van der Waals surface area contributed by atoms with E-state index in [1.165, 1.54) is 0 Å². The number of Topliss-reactive ketones (excluding diaryl/α,β-unsaturated/α-hetero) is 1. The number of urea groups is 1. The second kappa shape index (κ2) is 7.53. The molecule has 1 N–H and O–H groups in total. The van der Waals surface area contributed by atoms with Crippen LogP contribution in [0.3, 0.4) is 0 Å². The number of nitriles is 1. The van der Waals surface area contributed by atoms with Crippen molar-refractivity contribution < 1.29 is 19.1 Å². The van der Waals surface area contributed by atoms with Gasteiger partial charge < -0.3 is 10.1 Å².